The van der Waals surface area contributed by atoms with E-state index in [4.69, 9.17) is 11.6 Å². The summed E-state index contributed by atoms with van der Waals surface area (Å²) in [6, 6.07) is 13.1. The van der Waals surface area contributed by atoms with Crippen LogP contribution in [0.25, 0.3) is 0 Å². The lowest BCUT2D eigenvalue weighted by Crippen LogP contribution is -2.28. The molecule has 1 unspecified atom stereocenters. The van der Waals surface area contributed by atoms with E-state index in [1.54, 1.807) is 0 Å². The number of anilines is 1. The van der Waals surface area contributed by atoms with Crippen molar-refractivity contribution >= 4 is 17.3 Å². The summed E-state index contributed by atoms with van der Waals surface area (Å²) in [6.07, 6.45) is 2.98. The van der Waals surface area contributed by atoms with Gasteiger partial charge >= 0.3 is 0 Å². The first-order valence-corrected chi connectivity index (χ1v) is 6.57. The molecule has 2 aromatic rings. The lowest BCUT2D eigenvalue weighted by atomic mass is 10.1. The minimum Gasteiger partial charge on any atom is -0.364 e. The molecule has 2 heterocycles. The molecule has 0 saturated heterocycles. The first-order valence-electron chi connectivity index (χ1n) is 6.19. The Labute approximate surface area is 112 Å². The van der Waals surface area contributed by atoms with Gasteiger partial charge in [-0.05, 0) is 36.6 Å². The van der Waals surface area contributed by atoms with Gasteiger partial charge in [-0.25, -0.2) is 4.98 Å². The van der Waals surface area contributed by atoms with E-state index in [-0.39, 0.29) is 0 Å². The molecule has 2 nitrogen and oxygen atoms in total. The average Bonchev–Trinajstić information content (AvgIpc) is 2.69. The molecule has 3 rings (SSSR count). The number of aromatic nitrogens is 1. The molecule has 0 radical (unpaired) electrons. The Bertz CT molecular complexity index is 551. The lowest BCUT2D eigenvalue weighted by molar-refractivity contribution is 0.671. The summed E-state index contributed by atoms with van der Waals surface area (Å²) in [5, 5.41) is 0.550. The summed E-state index contributed by atoms with van der Waals surface area (Å²) in [4.78, 5) is 6.57. The summed E-state index contributed by atoms with van der Waals surface area (Å²) in [6.45, 7) is 3.16. The normalized spacial score (nSPS) is 17.9. The van der Waals surface area contributed by atoms with Gasteiger partial charge in [-0.3, -0.25) is 0 Å². The van der Waals surface area contributed by atoms with E-state index in [2.05, 4.69) is 41.1 Å². The Morgan fingerprint density at radius 3 is 2.89 bits per heavy atom. The molecular formula is C15H15ClN2. The summed E-state index contributed by atoms with van der Waals surface area (Å²) < 4.78 is 0. The van der Waals surface area contributed by atoms with Crippen molar-refractivity contribution in [1.82, 2.24) is 4.98 Å². The van der Waals surface area contributed by atoms with Crippen molar-refractivity contribution in [2.45, 2.75) is 25.9 Å². The van der Waals surface area contributed by atoms with Crippen LogP contribution < -0.4 is 4.90 Å². The zero-order valence-corrected chi connectivity index (χ0v) is 11.1. The molecular weight excluding hydrogens is 244 g/mol. The molecule has 1 aromatic heterocycles. The van der Waals surface area contributed by atoms with Crippen molar-refractivity contribution in [2.75, 3.05) is 4.90 Å². The van der Waals surface area contributed by atoms with Gasteiger partial charge in [0.15, 0.2) is 0 Å². The summed E-state index contributed by atoms with van der Waals surface area (Å²) >= 11 is 5.81. The Balaban J connectivity index is 1.87. The van der Waals surface area contributed by atoms with Gasteiger partial charge in [-0.2, -0.15) is 0 Å². The van der Waals surface area contributed by atoms with Gasteiger partial charge in [0.1, 0.15) is 5.15 Å². The lowest BCUT2D eigenvalue weighted by Gasteiger charge is -2.24. The predicted octanol–water partition coefficient (Wildman–Crippen LogP) is 3.69. The van der Waals surface area contributed by atoms with Crippen molar-refractivity contribution in [3.63, 3.8) is 0 Å². The van der Waals surface area contributed by atoms with E-state index in [0.717, 1.165) is 13.0 Å². The van der Waals surface area contributed by atoms with Crippen LogP contribution in [-0.2, 0) is 13.0 Å². The highest BCUT2D eigenvalue weighted by Crippen LogP contribution is 2.32. The standard InChI is InChI=1S/C15H15ClN2/c1-11-8-13-4-2-3-5-14(13)18(11)10-12-6-7-15(16)17-9-12/h2-7,9,11H,8,10H2,1H3. The Morgan fingerprint density at radius 1 is 1.28 bits per heavy atom. The molecule has 1 aliphatic rings. The zero-order chi connectivity index (χ0) is 12.5. The molecule has 3 heteroatoms. The Kier molecular flexibility index (Phi) is 2.96. The molecule has 1 atom stereocenters. The van der Waals surface area contributed by atoms with Gasteiger partial charge in [0.2, 0.25) is 0 Å². The van der Waals surface area contributed by atoms with E-state index >= 15 is 0 Å². The highest BCUT2D eigenvalue weighted by molar-refractivity contribution is 6.29. The van der Waals surface area contributed by atoms with E-state index in [9.17, 15) is 0 Å². The number of hydrogen-bond donors (Lipinski definition) is 0. The molecule has 0 bridgehead atoms. The van der Waals surface area contributed by atoms with Crippen molar-refractivity contribution in [2.24, 2.45) is 0 Å². The fourth-order valence-electron chi connectivity index (χ4n) is 2.57. The van der Waals surface area contributed by atoms with E-state index < -0.39 is 0 Å². The third-order valence-electron chi connectivity index (χ3n) is 3.49. The number of halogens is 1. The smallest absolute Gasteiger partial charge is 0.129 e. The monoisotopic (exact) mass is 258 g/mol. The largest absolute Gasteiger partial charge is 0.364 e. The third-order valence-corrected chi connectivity index (χ3v) is 3.71. The van der Waals surface area contributed by atoms with Crippen LogP contribution in [0.15, 0.2) is 42.6 Å². The van der Waals surface area contributed by atoms with Crippen LogP contribution in [0.4, 0.5) is 5.69 Å². The molecule has 1 aliphatic heterocycles. The topological polar surface area (TPSA) is 16.1 Å². The van der Waals surface area contributed by atoms with Crippen molar-refractivity contribution in [1.29, 1.82) is 0 Å². The van der Waals surface area contributed by atoms with Crippen LogP contribution in [0, 0.1) is 0 Å². The predicted molar refractivity (Wildman–Crippen MR) is 75.0 cm³/mol. The van der Waals surface area contributed by atoms with Gasteiger partial charge in [0, 0.05) is 24.5 Å². The number of fused-ring (bicyclic) bond motifs is 1. The van der Waals surface area contributed by atoms with Crippen LogP contribution in [0.5, 0.6) is 0 Å². The van der Waals surface area contributed by atoms with Gasteiger partial charge in [-0.1, -0.05) is 35.9 Å². The molecule has 18 heavy (non-hydrogen) atoms. The van der Waals surface area contributed by atoms with Crippen LogP contribution in [0.1, 0.15) is 18.1 Å². The van der Waals surface area contributed by atoms with Crippen LogP contribution in [0.2, 0.25) is 5.15 Å². The number of rotatable bonds is 2. The zero-order valence-electron chi connectivity index (χ0n) is 10.3. The van der Waals surface area contributed by atoms with Crippen LogP contribution in [0.3, 0.4) is 0 Å². The maximum absolute atomic E-state index is 5.81. The molecule has 0 spiro atoms. The number of pyridine rings is 1. The molecule has 0 amide bonds. The number of benzene rings is 1. The summed E-state index contributed by atoms with van der Waals surface area (Å²) in [5.41, 5.74) is 3.98. The quantitative estimate of drug-likeness (QED) is 0.764. The van der Waals surface area contributed by atoms with Gasteiger partial charge in [0.05, 0.1) is 0 Å². The van der Waals surface area contributed by atoms with E-state index in [1.807, 2.05) is 18.3 Å². The average molecular weight is 259 g/mol. The number of hydrogen-bond acceptors (Lipinski definition) is 2. The first-order chi connectivity index (χ1) is 8.74. The summed E-state index contributed by atoms with van der Waals surface area (Å²) in [5.74, 6) is 0. The second-order valence-electron chi connectivity index (χ2n) is 4.80. The fraction of sp³-hybridized carbons (Fsp3) is 0.267. The Hall–Kier alpha value is -1.54. The molecule has 1 aromatic carbocycles. The third kappa shape index (κ3) is 2.08. The maximum Gasteiger partial charge on any atom is 0.129 e. The minimum atomic E-state index is 0.540. The number of para-hydroxylation sites is 1. The van der Waals surface area contributed by atoms with Crippen LogP contribution in [-0.4, -0.2) is 11.0 Å². The first kappa shape index (κ1) is 11.5. The summed E-state index contributed by atoms with van der Waals surface area (Å²) in [7, 11) is 0. The molecule has 92 valence electrons. The maximum atomic E-state index is 5.81. The van der Waals surface area contributed by atoms with Gasteiger partial charge in [0.25, 0.3) is 0 Å². The second kappa shape index (κ2) is 4.62. The van der Waals surface area contributed by atoms with E-state index in [1.165, 1.54) is 16.8 Å². The van der Waals surface area contributed by atoms with Crippen molar-refractivity contribution in [3.05, 3.63) is 58.9 Å². The number of nitrogens with zero attached hydrogens (tertiary/aromatic N) is 2. The van der Waals surface area contributed by atoms with Crippen LogP contribution >= 0.6 is 11.6 Å². The van der Waals surface area contributed by atoms with E-state index in [0.29, 0.717) is 11.2 Å². The van der Waals surface area contributed by atoms with Gasteiger partial charge in [-0.15, -0.1) is 0 Å². The highest BCUT2D eigenvalue weighted by Gasteiger charge is 2.25. The molecule has 0 saturated carbocycles. The SMILES string of the molecule is CC1Cc2ccccc2N1Cc1ccc(Cl)nc1. The molecule has 0 aliphatic carbocycles. The highest BCUT2D eigenvalue weighted by atomic mass is 35.5. The second-order valence-corrected chi connectivity index (χ2v) is 5.19. The van der Waals surface area contributed by atoms with Crippen molar-refractivity contribution < 1.29 is 0 Å². The molecule has 0 N–H and O–H groups in total. The van der Waals surface area contributed by atoms with Crippen molar-refractivity contribution in [3.8, 4) is 0 Å². The van der Waals surface area contributed by atoms with Gasteiger partial charge < -0.3 is 4.90 Å². The minimum absolute atomic E-state index is 0.540. The molecule has 0 fully saturated rings. The Morgan fingerprint density at radius 2 is 2.11 bits per heavy atom. The fourth-order valence-corrected chi connectivity index (χ4v) is 2.68.